The van der Waals surface area contributed by atoms with Gasteiger partial charge in [0.1, 0.15) is 5.60 Å². The van der Waals surface area contributed by atoms with Crippen LogP contribution in [0, 0.1) is 10.1 Å². The van der Waals surface area contributed by atoms with Gasteiger partial charge in [0.05, 0.1) is 17.6 Å². The van der Waals surface area contributed by atoms with Crippen LogP contribution < -0.4 is 0 Å². The number of non-ortho nitro benzene ring substituents is 1. The zero-order valence-electron chi connectivity index (χ0n) is 16.1. The number of methoxy groups -OCH3 is 1. The molecule has 0 spiro atoms. The van der Waals surface area contributed by atoms with E-state index >= 15 is 0 Å². The molecule has 1 aromatic rings. The van der Waals surface area contributed by atoms with Crippen molar-refractivity contribution in [2.24, 2.45) is 0 Å². The van der Waals surface area contributed by atoms with Crippen LogP contribution in [0.15, 0.2) is 24.3 Å². The van der Waals surface area contributed by atoms with Crippen molar-refractivity contribution in [3.05, 3.63) is 39.9 Å². The van der Waals surface area contributed by atoms with Crippen molar-refractivity contribution < 1.29 is 33.5 Å². The molecule has 28 heavy (non-hydrogen) atoms. The van der Waals surface area contributed by atoms with Crippen molar-refractivity contribution in [1.82, 2.24) is 4.90 Å². The van der Waals surface area contributed by atoms with E-state index in [9.17, 15) is 24.5 Å². The molecule has 0 saturated carbocycles. The number of benzene rings is 1. The summed E-state index contributed by atoms with van der Waals surface area (Å²) >= 11 is 0. The van der Waals surface area contributed by atoms with Gasteiger partial charge in [-0.15, -0.1) is 0 Å². The maximum atomic E-state index is 12.6. The normalized spacial score (nSPS) is 19.1. The zero-order valence-corrected chi connectivity index (χ0v) is 16.1. The second-order valence-electron chi connectivity index (χ2n) is 7.20. The lowest BCUT2D eigenvalue weighted by Crippen LogP contribution is -2.57. The minimum absolute atomic E-state index is 0.00934. The van der Waals surface area contributed by atoms with Gasteiger partial charge in [-0.25, -0.2) is 14.4 Å². The van der Waals surface area contributed by atoms with Gasteiger partial charge in [0, 0.05) is 25.1 Å². The van der Waals surface area contributed by atoms with Crippen LogP contribution >= 0.6 is 0 Å². The van der Waals surface area contributed by atoms with Gasteiger partial charge in [-0.2, -0.15) is 0 Å². The molecule has 10 nitrogen and oxygen atoms in total. The van der Waals surface area contributed by atoms with Gasteiger partial charge >= 0.3 is 18.0 Å². The van der Waals surface area contributed by atoms with Crippen LogP contribution in [0.4, 0.5) is 10.5 Å². The Balaban J connectivity index is 2.31. The third kappa shape index (κ3) is 4.38. The Hall–Kier alpha value is -3.17. The van der Waals surface area contributed by atoms with Gasteiger partial charge in [0.15, 0.2) is 0 Å². The highest BCUT2D eigenvalue weighted by molar-refractivity contribution is 5.94. The number of hydrogen-bond acceptors (Lipinski definition) is 8. The van der Waals surface area contributed by atoms with Crippen LogP contribution in [0.2, 0.25) is 0 Å². The van der Waals surface area contributed by atoms with Crippen LogP contribution in [0.25, 0.3) is 0 Å². The Morgan fingerprint density at radius 2 is 1.79 bits per heavy atom. The summed E-state index contributed by atoms with van der Waals surface area (Å²) in [6.07, 6.45) is -0.383. The first-order valence-electron chi connectivity index (χ1n) is 8.57. The molecule has 0 aromatic heterocycles. The number of esters is 2. The number of nitro groups is 1. The number of rotatable bonds is 4. The number of likely N-dealkylation sites (tertiary alicyclic amines) is 1. The van der Waals surface area contributed by atoms with Gasteiger partial charge in [-0.1, -0.05) is 0 Å². The number of nitro benzene ring substituents is 1. The monoisotopic (exact) mass is 394 g/mol. The van der Waals surface area contributed by atoms with Gasteiger partial charge in [-0.05, 0) is 39.3 Å². The molecule has 1 atom stereocenters. The molecule has 0 N–H and O–H groups in total. The minimum Gasteiger partial charge on any atom is -0.465 e. The maximum Gasteiger partial charge on any atom is 0.413 e. The van der Waals surface area contributed by atoms with Crippen molar-refractivity contribution in [3.8, 4) is 0 Å². The molecule has 1 amide bonds. The summed E-state index contributed by atoms with van der Waals surface area (Å²) in [6, 6.07) is 4.69. The third-order valence-corrected chi connectivity index (χ3v) is 4.03. The molecule has 1 saturated heterocycles. The number of nitrogens with zero attached hydrogens (tertiary/aromatic N) is 2. The van der Waals surface area contributed by atoms with Crippen molar-refractivity contribution >= 4 is 23.7 Å². The first-order chi connectivity index (χ1) is 13.0. The van der Waals surface area contributed by atoms with E-state index in [0.29, 0.717) is 6.42 Å². The lowest BCUT2D eigenvalue weighted by Gasteiger charge is -2.35. The van der Waals surface area contributed by atoms with E-state index in [4.69, 9.17) is 14.2 Å². The van der Waals surface area contributed by atoms with Gasteiger partial charge in [0.25, 0.3) is 11.4 Å². The van der Waals surface area contributed by atoms with Crippen LogP contribution in [0.3, 0.4) is 0 Å². The molecule has 1 heterocycles. The number of amides is 1. The molecule has 10 heteroatoms. The SMILES string of the molecule is COC(=O)C1(OC(=O)c2ccc([N+](=O)[O-])cc2)CCCN1C(=O)OC(C)(C)C. The molecule has 1 unspecified atom stereocenters. The fraction of sp³-hybridized carbons (Fsp3) is 0.500. The van der Waals surface area contributed by atoms with E-state index in [1.807, 2.05) is 0 Å². The lowest BCUT2D eigenvalue weighted by molar-refractivity contribution is -0.384. The molecule has 0 bridgehead atoms. The first-order valence-corrected chi connectivity index (χ1v) is 8.57. The van der Waals surface area contributed by atoms with E-state index in [0.717, 1.165) is 24.1 Å². The Morgan fingerprint density at radius 1 is 1.18 bits per heavy atom. The maximum absolute atomic E-state index is 12.6. The second kappa shape index (κ2) is 7.83. The average molecular weight is 394 g/mol. The van der Waals surface area contributed by atoms with E-state index in [2.05, 4.69) is 0 Å². The predicted molar refractivity (Wildman–Crippen MR) is 95.4 cm³/mol. The van der Waals surface area contributed by atoms with Crippen molar-refractivity contribution in [3.63, 3.8) is 0 Å². The quantitative estimate of drug-likeness (QED) is 0.330. The third-order valence-electron chi connectivity index (χ3n) is 4.03. The summed E-state index contributed by atoms with van der Waals surface area (Å²) in [5.41, 5.74) is -2.99. The molecule has 2 rings (SSSR count). The van der Waals surface area contributed by atoms with Crippen LogP contribution in [0.5, 0.6) is 0 Å². The van der Waals surface area contributed by atoms with Crippen molar-refractivity contribution in [2.75, 3.05) is 13.7 Å². The second-order valence-corrected chi connectivity index (χ2v) is 7.20. The summed E-state index contributed by atoms with van der Waals surface area (Å²) in [6.45, 7) is 5.15. The van der Waals surface area contributed by atoms with E-state index in [1.165, 1.54) is 12.1 Å². The molecule has 1 fully saturated rings. The number of carbonyl (C=O) groups excluding carboxylic acids is 3. The Bertz CT molecular complexity index is 784. The standard InChI is InChI=1S/C18H22N2O8/c1-17(2,3)28-16(23)19-11-5-10-18(19,15(22)26-4)27-14(21)12-6-8-13(9-7-12)20(24)25/h6-9H,5,10-11H2,1-4H3. The molecule has 1 aliphatic heterocycles. The highest BCUT2D eigenvalue weighted by atomic mass is 16.6. The minimum atomic E-state index is -1.96. The Labute approximate surface area is 161 Å². The largest absolute Gasteiger partial charge is 0.465 e. The molecule has 0 radical (unpaired) electrons. The molecule has 1 aromatic carbocycles. The van der Waals surface area contributed by atoms with Gasteiger partial charge in [0.2, 0.25) is 0 Å². The summed E-state index contributed by atoms with van der Waals surface area (Å²) in [5.74, 6) is -1.83. The van der Waals surface area contributed by atoms with Crippen LogP contribution in [0.1, 0.15) is 44.0 Å². The smallest absolute Gasteiger partial charge is 0.413 e. The Kier molecular flexibility index (Phi) is 5.91. The topological polar surface area (TPSA) is 125 Å². The lowest BCUT2D eigenvalue weighted by atomic mass is 10.1. The predicted octanol–water partition coefficient (Wildman–Crippen LogP) is 2.65. The van der Waals surface area contributed by atoms with Gasteiger partial charge in [-0.3, -0.25) is 15.0 Å². The molecule has 0 aliphatic carbocycles. The number of ether oxygens (including phenoxy) is 3. The highest BCUT2D eigenvalue weighted by Crippen LogP contribution is 2.34. The molecular weight excluding hydrogens is 372 g/mol. The first kappa shape index (κ1) is 21.1. The summed E-state index contributed by atoms with van der Waals surface area (Å²) in [7, 11) is 1.12. The highest BCUT2D eigenvalue weighted by Gasteiger charge is 2.56. The van der Waals surface area contributed by atoms with E-state index in [-0.39, 0.29) is 24.2 Å². The fourth-order valence-electron chi connectivity index (χ4n) is 2.80. The van der Waals surface area contributed by atoms with Crippen molar-refractivity contribution in [2.45, 2.75) is 44.9 Å². The van der Waals surface area contributed by atoms with E-state index < -0.39 is 34.3 Å². The summed E-state index contributed by atoms with van der Waals surface area (Å²) in [5, 5.41) is 10.7. The fourth-order valence-corrected chi connectivity index (χ4v) is 2.80. The average Bonchev–Trinajstić information content (AvgIpc) is 3.04. The van der Waals surface area contributed by atoms with Crippen LogP contribution in [-0.4, -0.2) is 52.8 Å². The zero-order chi connectivity index (χ0) is 21.1. The number of carbonyl (C=O) groups is 3. The summed E-state index contributed by atoms with van der Waals surface area (Å²) < 4.78 is 15.5. The molecule has 152 valence electrons. The molecule has 1 aliphatic rings. The Morgan fingerprint density at radius 3 is 2.29 bits per heavy atom. The summed E-state index contributed by atoms with van der Waals surface area (Å²) in [4.78, 5) is 48.8. The van der Waals surface area contributed by atoms with E-state index in [1.54, 1.807) is 20.8 Å². The molecular formula is C18H22N2O8. The van der Waals surface area contributed by atoms with Gasteiger partial charge < -0.3 is 14.2 Å². The van der Waals surface area contributed by atoms with Crippen LogP contribution in [-0.2, 0) is 19.0 Å². The number of hydrogen-bond donors (Lipinski definition) is 0. The van der Waals surface area contributed by atoms with Crippen molar-refractivity contribution in [1.29, 1.82) is 0 Å².